The van der Waals surface area contributed by atoms with Crippen molar-refractivity contribution in [1.82, 2.24) is 25.1 Å². The van der Waals surface area contributed by atoms with E-state index in [1.165, 1.54) is 0 Å². The molecule has 2 unspecified atom stereocenters. The van der Waals surface area contributed by atoms with Gasteiger partial charge in [0.1, 0.15) is 5.82 Å². The van der Waals surface area contributed by atoms with Crippen molar-refractivity contribution in [2.75, 3.05) is 23.3 Å². The second-order valence-electron chi connectivity index (χ2n) is 8.47. The molecule has 4 aromatic rings. The minimum Gasteiger partial charge on any atom is -0.334 e. The monoisotopic (exact) mass is 425 g/mol. The van der Waals surface area contributed by atoms with E-state index in [-0.39, 0.29) is 18.0 Å². The van der Waals surface area contributed by atoms with Gasteiger partial charge in [0, 0.05) is 35.8 Å². The molecule has 2 aromatic carbocycles. The number of anilines is 3. The average molecular weight is 425 g/mol. The summed E-state index contributed by atoms with van der Waals surface area (Å²) in [5.41, 5.74) is 2.60. The Morgan fingerprint density at radius 3 is 2.59 bits per heavy atom. The minimum atomic E-state index is 0.105. The lowest BCUT2D eigenvalue weighted by molar-refractivity contribution is 0.0725. The first kappa shape index (κ1) is 18.8. The fourth-order valence-electron chi connectivity index (χ4n) is 4.80. The van der Waals surface area contributed by atoms with E-state index in [4.69, 9.17) is 9.97 Å². The Kier molecular flexibility index (Phi) is 4.31. The lowest BCUT2D eigenvalue weighted by Gasteiger charge is -2.34. The predicted molar refractivity (Wildman–Crippen MR) is 123 cm³/mol. The van der Waals surface area contributed by atoms with E-state index in [1.807, 2.05) is 72.5 Å². The number of para-hydroxylation sites is 1. The average Bonchev–Trinajstić information content (AvgIpc) is 3.55. The van der Waals surface area contributed by atoms with E-state index in [9.17, 15) is 4.79 Å². The molecule has 2 aromatic heterocycles. The van der Waals surface area contributed by atoms with Gasteiger partial charge in [-0.15, -0.1) is 0 Å². The molecule has 2 aliphatic rings. The molecule has 2 atom stereocenters. The van der Waals surface area contributed by atoms with Crippen molar-refractivity contribution in [3.05, 3.63) is 71.9 Å². The van der Waals surface area contributed by atoms with Crippen LogP contribution in [-0.2, 0) is 0 Å². The van der Waals surface area contributed by atoms with Gasteiger partial charge in [-0.2, -0.15) is 10.1 Å². The van der Waals surface area contributed by atoms with Gasteiger partial charge in [-0.05, 0) is 37.6 Å². The van der Waals surface area contributed by atoms with Crippen LogP contribution in [0.4, 0.5) is 17.6 Å². The SMILES string of the molecule is Cc1cc(Nc2nc(N3CC4CC3CN4C(=O)c3ccccc3)nc3ccccc23)n[nH]1. The van der Waals surface area contributed by atoms with Gasteiger partial charge in [0.2, 0.25) is 5.95 Å². The molecule has 6 rings (SSSR count). The summed E-state index contributed by atoms with van der Waals surface area (Å²) in [4.78, 5) is 27.0. The fourth-order valence-corrected chi connectivity index (χ4v) is 4.80. The van der Waals surface area contributed by atoms with Gasteiger partial charge in [-0.3, -0.25) is 9.89 Å². The van der Waals surface area contributed by atoms with Crippen LogP contribution in [0.1, 0.15) is 22.5 Å². The normalized spacial score (nSPS) is 19.7. The molecule has 2 N–H and O–H groups in total. The number of aryl methyl sites for hydroxylation is 1. The Balaban J connectivity index is 1.29. The van der Waals surface area contributed by atoms with Crippen molar-refractivity contribution < 1.29 is 4.79 Å². The molecule has 0 radical (unpaired) electrons. The van der Waals surface area contributed by atoms with Crippen LogP contribution >= 0.6 is 0 Å². The summed E-state index contributed by atoms with van der Waals surface area (Å²) in [6.07, 6.45) is 0.941. The van der Waals surface area contributed by atoms with Crippen molar-refractivity contribution in [2.45, 2.75) is 25.4 Å². The first-order valence-corrected chi connectivity index (χ1v) is 10.8. The Morgan fingerprint density at radius 2 is 1.84 bits per heavy atom. The van der Waals surface area contributed by atoms with Gasteiger partial charge in [0.15, 0.2) is 5.82 Å². The summed E-state index contributed by atoms with van der Waals surface area (Å²) in [5.74, 6) is 2.25. The van der Waals surface area contributed by atoms with Crippen molar-refractivity contribution in [2.24, 2.45) is 0 Å². The molecule has 32 heavy (non-hydrogen) atoms. The second kappa shape index (κ2) is 7.33. The van der Waals surface area contributed by atoms with Crippen molar-refractivity contribution >= 4 is 34.4 Å². The number of piperazine rings is 1. The Labute approximate surface area is 185 Å². The van der Waals surface area contributed by atoms with Crippen LogP contribution in [0.2, 0.25) is 0 Å². The second-order valence-corrected chi connectivity index (χ2v) is 8.47. The van der Waals surface area contributed by atoms with E-state index in [0.29, 0.717) is 12.5 Å². The van der Waals surface area contributed by atoms with Gasteiger partial charge >= 0.3 is 0 Å². The Hall–Kier alpha value is -3.94. The summed E-state index contributed by atoms with van der Waals surface area (Å²) >= 11 is 0. The Bertz CT molecular complexity index is 1300. The van der Waals surface area contributed by atoms with Crippen LogP contribution in [0.25, 0.3) is 10.9 Å². The first-order chi connectivity index (χ1) is 15.7. The molecule has 160 valence electrons. The van der Waals surface area contributed by atoms with Crippen LogP contribution in [0, 0.1) is 6.92 Å². The van der Waals surface area contributed by atoms with Crippen LogP contribution in [0.5, 0.6) is 0 Å². The number of aromatic nitrogens is 4. The van der Waals surface area contributed by atoms with E-state index >= 15 is 0 Å². The van der Waals surface area contributed by atoms with Gasteiger partial charge < -0.3 is 15.1 Å². The number of fused-ring (bicyclic) bond motifs is 3. The Morgan fingerprint density at radius 1 is 1.03 bits per heavy atom. The number of hydrogen-bond acceptors (Lipinski definition) is 6. The molecule has 2 aliphatic heterocycles. The highest BCUT2D eigenvalue weighted by atomic mass is 16.2. The van der Waals surface area contributed by atoms with Crippen molar-refractivity contribution in [3.63, 3.8) is 0 Å². The summed E-state index contributed by atoms with van der Waals surface area (Å²) in [7, 11) is 0. The highest BCUT2D eigenvalue weighted by Crippen LogP contribution is 2.35. The summed E-state index contributed by atoms with van der Waals surface area (Å²) < 4.78 is 0. The van der Waals surface area contributed by atoms with Gasteiger partial charge in [0.05, 0.1) is 17.6 Å². The molecule has 1 amide bonds. The minimum absolute atomic E-state index is 0.105. The molecular weight excluding hydrogens is 402 g/mol. The van der Waals surface area contributed by atoms with Gasteiger partial charge in [0.25, 0.3) is 5.91 Å². The van der Waals surface area contributed by atoms with E-state index < -0.39 is 0 Å². The number of rotatable bonds is 4. The fraction of sp³-hybridized carbons (Fsp3) is 0.250. The zero-order valence-electron chi connectivity index (χ0n) is 17.7. The highest BCUT2D eigenvalue weighted by molar-refractivity contribution is 5.95. The molecule has 2 fully saturated rings. The van der Waals surface area contributed by atoms with E-state index in [1.54, 1.807) is 0 Å². The van der Waals surface area contributed by atoms with Crippen LogP contribution < -0.4 is 10.2 Å². The molecule has 0 saturated carbocycles. The van der Waals surface area contributed by atoms with E-state index in [2.05, 4.69) is 20.4 Å². The number of hydrogen-bond donors (Lipinski definition) is 2. The maximum absolute atomic E-state index is 13.0. The molecule has 8 heteroatoms. The number of nitrogens with one attached hydrogen (secondary N) is 2. The molecule has 2 bridgehead atoms. The first-order valence-electron chi connectivity index (χ1n) is 10.8. The number of nitrogens with zero attached hydrogens (tertiary/aromatic N) is 5. The molecule has 0 aliphatic carbocycles. The maximum Gasteiger partial charge on any atom is 0.254 e. The number of aromatic amines is 1. The number of carbonyl (C=O) groups is 1. The maximum atomic E-state index is 13.0. The van der Waals surface area contributed by atoms with Crippen LogP contribution in [-0.4, -0.2) is 56.1 Å². The van der Waals surface area contributed by atoms with Crippen LogP contribution in [0.15, 0.2) is 60.7 Å². The third-order valence-electron chi connectivity index (χ3n) is 6.32. The zero-order chi connectivity index (χ0) is 21.7. The smallest absolute Gasteiger partial charge is 0.254 e. The van der Waals surface area contributed by atoms with Gasteiger partial charge in [-0.25, -0.2) is 4.98 Å². The summed E-state index contributed by atoms with van der Waals surface area (Å²) in [6, 6.07) is 19.8. The molecular formula is C24H23N7O. The van der Waals surface area contributed by atoms with Crippen molar-refractivity contribution in [1.29, 1.82) is 0 Å². The van der Waals surface area contributed by atoms with Crippen LogP contribution in [0.3, 0.4) is 0 Å². The number of H-pyrrole nitrogens is 1. The van der Waals surface area contributed by atoms with E-state index in [0.717, 1.165) is 46.8 Å². The highest BCUT2D eigenvalue weighted by Gasteiger charge is 2.46. The molecule has 8 nitrogen and oxygen atoms in total. The lowest BCUT2D eigenvalue weighted by atomic mass is 10.2. The zero-order valence-corrected chi connectivity index (χ0v) is 17.7. The molecule has 0 spiro atoms. The van der Waals surface area contributed by atoms with Gasteiger partial charge in [-0.1, -0.05) is 30.3 Å². The largest absolute Gasteiger partial charge is 0.334 e. The quantitative estimate of drug-likeness (QED) is 0.520. The number of carbonyl (C=O) groups excluding carboxylic acids is 1. The summed E-state index contributed by atoms with van der Waals surface area (Å²) in [6.45, 7) is 3.39. The topological polar surface area (TPSA) is 90.0 Å². The standard InChI is InChI=1S/C24H23N7O/c1-15-11-21(29-28-15)26-22-19-9-5-6-10-20(19)25-24(27-22)31-14-17-12-18(31)13-30(17)23(32)16-7-3-2-4-8-16/h2-11,17-18H,12-14H2,1H3,(H2,25,26,27,28,29). The molecule has 4 heterocycles. The third kappa shape index (κ3) is 3.15. The van der Waals surface area contributed by atoms with Crippen molar-refractivity contribution in [3.8, 4) is 0 Å². The lowest BCUT2D eigenvalue weighted by Crippen LogP contribution is -2.49. The molecule has 2 saturated heterocycles. The third-order valence-corrected chi connectivity index (χ3v) is 6.32. The predicted octanol–water partition coefficient (Wildman–Crippen LogP) is 3.51. The number of benzene rings is 2. The number of likely N-dealkylation sites (tertiary alicyclic amines) is 1. The number of amides is 1. The summed E-state index contributed by atoms with van der Waals surface area (Å²) in [5, 5.41) is 11.5.